The highest BCUT2D eigenvalue weighted by Gasteiger charge is 2.55. The topological polar surface area (TPSA) is 60.9 Å². The molecule has 6 rings (SSSR count). The summed E-state index contributed by atoms with van der Waals surface area (Å²) in [6.07, 6.45) is 0.577. The first-order valence-corrected chi connectivity index (χ1v) is 10.6. The average Bonchev–Trinajstić information content (AvgIpc) is 3.02. The van der Waals surface area contributed by atoms with Crippen LogP contribution in [0.4, 0.5) is 5.69 Å². The molecule has 2 aromatic carbocycles. The molecule has 0 N–H and O–H groups in total. The third kappa shape index (κ3) is 2.64. The zero-order valence-corrected chi connectivity index (χ0v) is 17.3. The number of para-hydroxylation sites is 1. The molecule has 0 fully saturated rings. The van der Waals surface area contributed by atoms with E-state index in [1.165, 1.54) is 0 Å². The molecule has 1 aromatic heterocycles. The third-order valence-corrected chi connectivity index (χ3v) is 6.37. The van der Waals surface area contributed by atoms with Gasteiger partial charge in [0.25, 0.3) is 0 Å². The number of hydrogen-bond donors (Lipinski definition) is 0. The minimum Gasteiger partial charge on any atom is -0.493 e. The molecular formula is C25H22N2O4. The van der Waals surface area contributed by atoms with Crippen molar-refractivity contribution in [2.45, 2.75) is 25.3 Å². The highest BCUT2D eigenvalue weighted by Crippen LogP contribution is 2.55. The molecule has 3 aliphatic heterocycles. The van der Waals surface area contributed by atoms with E-state index in [0.717, 1.165) is 28.2 Å². The first-order chi connectivity index (χ1) is 15.2. The van der Waals surface area contributed by atoms with Gasteiger partial charge in [0, 0.05) is 29.4 Å². The van der Waals surface area contributed by atoms with Gasteiger partial charge in [-0.1, -0.05) is 24.3 Å². The van der Waals surface area contributed by atoms with Crippen LogP contribution in [0.3, 0.4) is 0 Å². The summed E-state index contributed by atoms with van der Waals surface area (Å²) in [7, 11) is 0. The highest BCUT2D eigenvalue weighted by atomic mass is 16.6. The van der Waals surface area contributed by atoms with Crippen molar-refractivity contribution in [3.05, 3.63) is 77.1 Å². The van der Waals surface area contributed by atoms with Gasteiger partial charge in [-0.05, 0) is 36.8 Å². The minimum absolute atomic E-state index is 0.0539. The fraction of sp³-hybridized carbons (Fsp3) is 0.280. The Morgan fingerprint density at radius 3 is 2.52 bits per heavy atom. The van der Waals surface area contributed by atoms with Crippen LogP contribution in [0.25, 0.3) is 0 Å². The van der Waals surface area contributed by atoms with Crippen LogP contribution >= 0.6 is 0 Å². The van der Waals surface area contributed by atoms with E-state index in [-0.39, 0.29) is 5.91 Å². The van der Waals surface area contributed by atoms with Gasteiger partial charge in [0.05, 0.1) is 18.8 Å². The SMILES string of the molecule is Cc1cccc(CN2C(=O)C3(CCOc4cc5c(cc43)OCCO5)c3ccccc32)n1. The Morgan fingerprint density at radius 2 is 1.68 bits per heavy atom. The van der Waals surface area contributed by atoms with Gasteiger partial charge in [0.15, 0.2) is 11.5 Å². The lowest BCUT2D eigenvalue weighted by Crippen LogP contribution is -2.44. The van der Waals surface area contributed by atoms with Crippen LogP contribution in [0.5, 0.6) is 17.2 Å². The quantitative estimate of drug-likeness (QED) is 0.639. The smallest absolute Gasteiger partial charge is 0.242 e. The van der Waals surface area contributed by atoms with Gasteiger partial charge < -0.3 is 19.1 Å². The molecule has 1 spiro atoms. The van der Waals surface area contributed by atoms with Gasteiger partial charge in [-0.2, -0.15) is 0 Å². The fourth-order valence-electron chi connectivity index (χ4n) is 5.01. The lowest BCUT2D eigenvalue weighted by Gasteiger charge is -2.36. The van der Waals surface area contributed by atoms with E-state index in [0.29, 0.717) is 50.0 Å². The number of amides is 1. The number of carbonyl (C=O) groups excluding carboxylic acids is 1. The molecule has 1 unspecified atom stereocenters. The number of benzene rings is 2. The van der Waals surface area contributed by atoms with Crippen molar-refractivity contribution in [3.63, 3.8) is 0 Å². The number of ether oxygens (including phenoxy) is 3. The van der Waals surface area contributed by atoms with Crippen molar-refractivity contribution in [2.75, 3.05) is 24.7 Å². The van der Waals surface area contributed by atoms with E-state index in [1.807, 2.05) is 60.4 Å². The summed E-state index contributed by atoms with van der Waals surface area (Å²) in [5.74, 6) is 2.08. The molecule has 6 nitrogen and oxygen atoms in total. The minimum atomic E-state index is -0.802. The zero-order chi connectivity index (χ0) is 21.0. The van der Waals surface area contributed by atoms with Crippen molar-refractivity contribution in [2.24, 2.45) is 0 Å². The van der Waals surface area contributed by atoms with Crippen LogP contribution in [-0.4, -0.2) is 30.7 Å². The van der Waals surface area contributed by atoms with Crippen molar-refractivity contribution >= 4 is 11.6 Å². The maximum Gasteiger partial charge on any atom is 0.242 e. The molecular weight excluding hydrogens is 392 g/mol. The molecule has 0 bridgehead atoms. The molecule has 0 aliphatic carbocycles. The first-order valence-electron chi connectivity index (χ1n) is 10.6. The van der Waals surface area contributed by atoms with E-state index in [9.17, 15) is 4.79 Å². The van der Waals surface area contributed by atoms with Gasteiger partial charge in [0.1, 0.15) is 24.4 Å². The first kappa shape index (κ1) is 18.2. The number of aromatic nitrogens is 1. The molecule has 3 aliphatic rings. The van der Waals surface area contributed by atoms with Crippen LogP contribution < -0.4 is 19.1 Å². The molecule has 3 aromatic rings. The van der Waals surface area contributed by atoms with Gasteiger partial charge in [-0.15, -0.1) is 0 Å². The summed E-state index contributed by atoms with van der Waals surface area (Å²) in [5.41, 5.74) is 3.79. The number of carbonyl (C=O) groups is 1. The van der Waals surface area contributed by atoms with Gasteiger partial charge in [0.2, 0.25) is 5.91 Å². The lowest BCUT2D eigenvalue weighted by molar-refractivity contribution is -0.122. The number of hydrogen-bond acceptors (Lipinski definition) is 5. The number of pyridine rings is 1. The number of fused-ring (bicyclic) bond motifs is 5. The summed E-state index contributed by atoms with van der Waals surface area (Å²) in [5, 5.41) is 0. The second-order valence-electron chi connectivity index (χ2n) is 8.17. The van der Waals surface area contributed by atoms with Crippen molar-refractivity contribution < 1.29 is 19.0 Å². The Bertz CT molecular complexity index is 1210. The maximum atomic E-state index is 14.1. The van der Waals surface area contributed by atoms with Crippen LogP contribution in [0.15, 0.2) is 54.6 Å². The third-order valence-electron chi connectivity index (χ3n) is 6.37. The van der Waals surface area contributed by atoms with Crippen LogP contribution in [0.1, 0.15) is 28.9 Å². The summed E-state index contributed by atoms with van der Waals surface area (Å²) < 4.78 is 17.6. The number of rotatable bonds is 2. The Hall–Kier alpha value is -3.54. The van der Waals surface area contributed by atoms with Gasteiger partial charge in [-0.25, -0.2) is 0 Å². The molecule has 1 amide bonds. The fourth-order valence-corrected chi connectivity index (χ4v) is 5.01. The Labute approximate surface area is 180 Å². The van der Waals surface area contributed by atoms with Crippen LogP contribution in [-0.2, 0) is 16.8 Å². The van der Waals surface area contributed by atoms with Crippen LogP contribution in [0, 0.1) is 6.92 Å². The zero-order valence-electron chi connectivity index (χ0n) is 17.3. The van der Waals surface area contributed by atoms with E-state index < -0.39 is 5.41 Å². The molecule has 31 heavy (non-hydrogen) atoms. The molecule has 1 atom stereocenters. The predicted octanol–water partition coefficient (Wildman–Crippen LogP) is 3.78. The largest absolute Gasteiger partial charge is 0.493 e. The van der Waals surface area contributed by atoms with Crippen LogP contribution in [0.2, 0.25) is 0 Å². The average molecular weight is 414 g/mol. The summed E-state index contributed by atoms with van der Waals surface area (Å²) in [4.78, 5) is 20.6. The van der Waals surface area contributed by atoms with E-state index in [2.05, 4.69) is 11.1 Å². The second-order valence-corrected chi connectivity index (χ2v) is 8.17. The van der Waals surface area contributed by atoms with E-state index in [1.54, 1.807) is 0 Å². The van der Waals surface area contributed by atoms with Gasteiger partial charge in [-0.3, -0.25) is 9.78 Å². The van der Waals surface area contributed by atoms with Crippen molar-refractivity contribution in [1.82, 2.24) is 4.98 Å². The number of anilines is 1. The van der Waals surface area contributed by atoms with E-state index in [4.69, 9.17) is 14.2 Å². The summed E-state index contributed by atoms with van der Waals surface area (Å²) in [6, 6.07) is 17.8. The van der Waals surface area contributed by atoms with Gasteiger partial charge >= 0.3 is 0 Å². The normalized spacial score (nSPS) is 20.9. The highest BCUT2D eigenvalue weighted by molar-refractivity contribution is 6.11. The van der Waals surface area contributed by atoms with Crippen molar-refractivity contribution in [3.8, 4) is 17.2 Å². The molecule has 0 radical (unpaired) electrons. The molecule has 156 valence electrons. The molecule has 0 saturated heterocycles. The lowest BCUT2D eigenvalue weighted by atomic mass is 9.71. The Balaban J connectivity index is 1.51. The Morgan fingerprint density at radius 1 is 0.903 bits per heavy atom. The number of nitrogens with zero attached hydrogens (tertiary/aromatic N) is 2. The molecule has 0 saturated carbocycles. The summed E-state index contributed by atoms with van der Waals surface area (Å²) >= 11 is 0. The van der Waals surface area contributed by atoms with E-state index >= 15 is 0 Å². The standard InChI is InChI=1S/C25H22N2O4/c1-16-5-4-6-17(26-16)15-27-20-8-3-2-7-18(20)25(24(27)28)9-10-29-21-14-23-22(13-19(21)25)30-11-12-31-23/h2-8,13-14H,9-12,15H2,1H3. The predicted molar refractivity (Wildman–Crippen MR) is 115 cm³/mol. The monoisotopic (exact) mass is 414 g/mol. The maximum absolute atomic E-state index is 14.1. The Kier molecular flexibility index (Phi) is 3.96. The second kappa shape index (κ2) is 6.74. The number of aryl methyl sites for hydroxylation is 1. The van der Waals surface area contributed by atoms with Crippen molar-refractivity contribution in [1.29, 1.82) is 0 Å². The summed E-state index contributed by atoms with van der Waals surface area (Å²) in [6.45, 7) is 3.86. The molecule has 4 heterocycles. The molecule has 6 heteroatoms.